The van der Waals surface area contributed by atoms with E-state index in [0.29, 0.717) is 27.3 Å². The second kappa shape index (κ2) is 11.1. The highest BCUT2D eigenvalue weighted by Crippen LogP contribution is 2.65. The third kappa shape index (κ3) is 4.20. The topological polar surface area (TPSA) is 153 Å². The number of ether oxygens (including phenoxy) is 2. The van der Waals surface area contributed by atoms with Crippen LogP contribution in [0.15, 0.2) is 90.5 Å². The fraction of sp³-hybridized carbons (Fsp3) is 0.270. The molecule has 0 spiro atoms. The van der Waals surface area contributed by atoms with Gasteiger partial charge in [0.1, 0.15) is 17.2 Å². The maximum atomic E-state index is 15.1. The number of nitrogens with zero attached hydrogens (tertiary/aromatic N) is 1. The molecule has 0 unspecified atom stereocenters. The maximum absolute atomic E-state index is 15.1. The van der Waals surface area contributed by atoms with Crippen molar-refractivity contribution in [2.24, 2.45) is 29.4 Å². The lowest BCUT2D eigenvalue weighted by Crippen LogP contribution is -2.59. The van der Waals surface area contributed by atoms with Crippen LogP contribution in [0.1, 0.15) is 35.4 Å². The van der Waals surface area contributed by atoms with Gasteiger partial charge in [0.25, 0.3) is 0 Å². The summed E-state index contributed by atoms with van der Waals surface area (Å²) < 4.78 is 11.2. The number of hydrogen-bond donors (Lipinski definition) is 2. The molecule has 3 aromatic rings. The van der Waals surface area contributed by atoms with E-state index in [-0.39, 0.29) is 47.0 Å². The molecule has 0 bridgehead atoms. The molecule has 3 aromatic carbocycles. The van der Waals surface area contributed by atoms with Crippen molar-refractivity contribution < 1.29 is 38.6 Å². The fourth-order valence-corrected chi connectivity index (χ4v) is 8.57. The highest BCUT2D eigenvalue weighted by Gasteiger charge is 2.67. The van der Waals surface area contributed by atoms with Crippen molar-refractivity contribution in [2.45, 2.75) is 24.2 Å². The second-order valence-corrected chi connectivity index (χ2v) is 12.4. The SMILES string of the molecule is COc1cc(O)c([C@H]2C3=CC[C@@H]4C(=O)N(C(N)=O)C(=O)[C@@H]4[C@@H]3C[C@H]3C(=O)C(c4ccccc4)=CC(=O)[C@@]23c2ccccc2)c(OC)c1. The Bertz CT molecular complexity index is 1920. The first-order chi connectivity index (χ1) is 22.6. The summed E-state index contributed by atoms with van der Waals surface area (Å²) in [6, 6.07) is 19.7. The van der Waals surface area contributed by atoms with Crippen molar-refractivity contribution in [1.29, 1.82) is 0 Å². The number of methoxy groups -OCH3 is 2. The van der Waals surface area contributed by atoms with E-state index in [1.165, 1.54) is 26.4 Å². The molecule has 1 aliphatic heterocycles. The van der Waals surface area contributed by atoms with E-state index in [1.54, 1.807) is 54.6 Å². The molecule has 1 saturated carbocycles. The summed E-state index contributed by atoms with van der Waals surface area (Å²) >= 11 is 0. The molecule has 238 valence electrons. The zero-order chi connectivity index (χ0) is 33.2. The molecular formula is C37H32N2O8. The number of imide groups is 3. The van der Waals surface area contributed by atoms with Crippen molar-refractivity contribution in [3.8, 4) is 17.2 Å². The number of rotatable bonds is 5. The molecule has 3 N–H and O–H groups in total. The van der Waals surface area contributed by atoms with Crippen LogP contribution < -0.4 is 15.2 Å². The van der Waals surface area contributed by atoms with Crippen molar-refractivity contribution in [3.05, 3.63) is 107 Å². The number of primary amides is 1. The van der Waals surface area contributed by atoms with Gasteiger partial charge in [0.2, 0.25) is 11.8 Å². The van der Waals surface area contributed by atoms with Crippen LogP contribution in [0, 0.1) is 23.7 Å². The molecule has 4 amide bonds. The number of carbonyl (C=O) groups excluding carboxylic acids is 5. The van der Waals surface area contributed by atoms with Crippen LogP contribution in [0.25, 0.3) is 5.57 Å². The Morgan fingerprint density at radius 1 is 0.915 bits per heavy atom. The van der Waals surface area contributed by atoms with Crippen LogP contribution in [0.5, 0.6) is 17.2 Å². The third-order valence-corrected chi connectivity index (χ3v) is 10.4. The third-order valence-electron chi connectivity index (χ3n) is 10.4. The summed E-state index contributed by atoms with van der Waals surface area (Å²) in [6.07, 6.45) is 3.36. The van der Waals surface area contributed by atoms with E-state index in [4.69, 9.17) is 15.2 Å². The molecule has 2 fully saturated rings. The number of Topliss-reactive ketones (excluding diaryl/α,β-unsaturated/α-hetero) is 1. The molecular weight excluding hydrogens is 600 g/mol. The number of carbonyl (C=O) groups is 5. The van der Waals surface area contributed by atoms with Gasteiger partial charge in [0.05, 0.1) is 31.5 Å². The number of ketones is 2. The first-order valence-electron chi connectivity index (χ1n) is 15.4. The Labute approximate surface area is 270 Å². The van der Waals surface area contributed by atoms with Crippen LogP contribution in [0.3, 0.4) is 0 Å². The number of phenols is 1. The number of allylic oxidation sites excluding steroid dienone is 4. The highest BCUT2D eigenvalue weighted by molar-refractivity contribution is 6.31. The molecule has 0 radical (unpaired) electrons. The van der Waals surface area contributed by atoms with Gasteiger partial charge in [-0.05, 0) is 36.0 Å². The van der Waals surface area contributed by atoms with Crippen molar-refractivity contribution in [3.63, 3.8) is 0 Å². The number of urea groups is 1. The second-order valence-electron chi connectivity index (χ2n) is 12.4. The molecule has 10 nitrogen and oxygen atoms in total. The van der Waals surface area contributed by atoms with E-state index >= 15 is 4.79 Å². The standard InChI is InChI=1S/C37H32N2O8/c1-46-21-15-27(40)31(28(16-21)47-2)32-22-13-14-23-30(35(44)39(34(23)43)36(38)45)25(22)17-26-33(42)24(19-9-5-3-6-10-19)18-29(41)37(26,32)20-11-7-4-8-12-20/h3-13,15-16,18,23,25-26,30,32,40H,14,17H2,1-2H3,(H2,38,45)/t23-,25+,26-,30-,32+,37-/m0/s1. The first-order valence-corrected chi connectivity index (χ1v) is 15.4. The van der Waals surface area contributed by atoms with Gasteiger partial charge in [0, 0.05) is 35.1 Å². The molecule has 4 aliphatic rings. The Balaban J connectivity index is 1.55. The largest absolute Gasteiger partial charge is 0.507 e. The average molecular weight is 633 g/mol. The number of benzene rings is 3. The smallest absolute Gasteiger partial charge is 0.328 e. The van der Waals surface area contributed by atoms with Gasteiger partial charge in [-0.3, -0.25) is 19.2 Å². The van der Waals surface area contributed by atoms with Crippen LogP contribution >= 0.6 is 0 Å². The Morgan fingerprint density at radius 2 is 1.60 bits per heavy atom. The molecule has 7 rings (SSSR count). The maximum Gasteiger partial charge on any atom is 0.328 e. The first kappa shape index (κ1) is 30.2. The quantitative estimate of drug-likeness (QED) is 0.312. The molecule has 10 heteroatoms. The van der Waals surface area contributed by atoms with Crippen LogP contribution in [-0.4, -0.2) is 53.6 Å². The average Bonchev–Trinajstić information content (AvgIpc) is 3.35. The number of fused-ring (bicyclic) bond motifs is 4. The number of nitrogens with two attached hydrogens (primary N) is 1. The summed E-state index contributed by atoms with van der Waals surface area (Å²) in [5, 5.41) is 11.7. The van der Waals surface area contributed by atoms with Gasteiger partial charge < -0.3 is 20.3 Å². The molecule has 0 aromatic heterocycles. The molecule has 1 heterocycles. The van der Waals surface area contributed by atoms with Gasteiger partial charge in [-0.15, -0.1) is 0 Å². The van der Waals surface area contributed by atoms with Gasteiger partial charge in [-0.25, -0.2) is 4.79 Å². The Kier molecular flexibility index (Phi) is 7.11. The van der Waals surface area contributed by atoms with Gasteiger partial charge in [0.15, 0.2) is 11.6 Å². The predicted molar refractivity (Wildman–Crippen MR) is 169 cm³/mol. The number of phenolic OH excluding ortho intramolecular Hbond substituents is 1. The lowest BCUT2D eigenvalue weighted by Gasteiger charge is -2.55. The monoisotopic (exact) mass is 632 g/mol. The van der Waals surface area contributed by atoms with E-state index in [0.717, 1.165) is 0 Å². The zero-order valence-corrected chi connectivity index (χ0v) is 25.7. The summed E-state index contributed by atoms with van der Waals surface area (Å²) in [6.45, 7) is 0. The van der Waals surface area contributed by atoms with Crippen molar-refractivity contribution in [2.75, 3.05) is 14.2 Å². The summed E-state index contributed by atoms with van der Waals surface area (Å²) in [5.41, 5.74) is 6.15. The lowest BCUT2D eigenvalue weighted by atomic mass is 9.44. The molecule has 3 aliphatic carbocycles. The van der Waals surface area contributed by atoms with Crippen molar-refractivity contribution in [1.82, 2.24) is 4.90 Å². The Morgan fingerprint density at radius 3 is 2.23 bits per heavy atom. The van der Waals surface area contributed by atoms with Crippen molar-refractivity contribution >= 4 is 35.0 Å². The predicted octanol–water partition coefficient (Wildman–Crippen LogP) is 4.31. The van der Waals surface area contributed by atoms with E-state index in [9.17, 15) is 24.3 Å². The summed E-state index contributed by atoms with van der Waals surface area (Å²) in [4.78, 5) is 69.9. The van der Waals surface area contributed by atoms with E-state index in [1.807, 2.05) is 18.2 Å². The molecule has 47 heavy (non-hydrogen) atoms. The van der Waals surface area contributed by atoms with Gasteiger partial charge in [-0.2, -0.15) is 4.90 Å². The summed E-state index contributed by atoms with van der Waals surface area (Å²) in [7, 11) is 2.88. The zero-order valence-electron chi connectivity index (χ0n) is 25.7. The fourth-order valence-electron chi connectivity index (χ4n) is 8.57. The lowest BCUT2D eigenvalue weighted by molar-refractivity contribution is -0.137. The van der Waals surface area contributed by atoms with E-state index in [2.05, 4.69) is 0 Å². The Hall–Kier alpha value is -5.51. The number of amides is 4. The van der Waals surface area contributed by atoms with Crippen LogP contribution in [-0.2, 0) is 24.6 Å². The molecule has 6 atom stereocenters. The highest BCUT2D eigenvalue weighted by atomic mass is 16.5. The van der Waals surface area contributed by atoms with Crippen LogP contribution in [0.4, 0.5) is 4.79 Å². The normalized spacial score (nSPS) is 28.1. The minimum absolute atomic E-state index is 0.0397. The molecule has 1 saturated heterocycles. The number of likely N-dealkylation sites (tertiary alicyclic amines) is 1. The summed E-state index contributed by atoms with van der Waals surface area (Å²) in [5.74, 6) is -6.39. The van der Waals surface area contributed by atoms with E-state index < -0.39 is 52.8 Å². The minimum Gasteiger partial charge on any atom is -0.507 e. The van der Waals surface area contributed by atoms with Gasteiger partial charge >= 0.3 is 6.03 Å². The van der Waals surface area contributed by atoms with Crippen LogP contribution in [0.2, 0.25) is 0 Å². The van der Waals surface area contributed by atoms with Gasteiger partial charge in [-0.1, -0.05) is 72.3 Å². The number of hydrogen-bond acceptors (Lipinski definition) is 8. The minimum atomic E-state index is -1.57. The number of aromatic hydroxyl groups is 1.